The predicted molar refractivity (Wildman–Crippen MR) is 127 cm³/mol. The number of rotatable bonds is 6. The molecule has 4 rings (SSSR count). The first-order chi connectivity index (χ1) is 15.9. The van der Waals surface area contributed by atoms with Gasteiger partial charge in [-0.3, -0.25) is 14.2 Å². The summed E-state index contributed by atoms with van der Waals surface area (Å²) in [6.07, 6.45) is 0.752. The van der Waals surface area contributed by atoms with Gasteiger partial charge in [0.1, 0.15) is 11.6 Å². The van der Waals surface area contributed by atoms with E-state index in [1.54, 1.807) is 12.1 Å². The maximum absolute atomic E-state index is 14.6. The molecule has 0 fully saturated rings. The molecule has 3 aromatic carbocycles. The molecule has 0 atom stereocenters. The second kappa shape index (κ2) is 9.72. The minimum atomic E-state index is -0.927. The van der Waals surface area contributed by atoms with E-state index in [0.29, 0.717) is 22.3 Å². The van der Waals surface area contributed by atoms with Gasteiger partial charge in [0.25, 0.3) is 5.56 Å². The molecule has 1 N–H and O–H groups in total. The van der Waals surface area contributed by atoms with Crippen LogP contribution in [0.25, 0.3) is 16.6 Å². The number of fused-ring (bicyclic) bond motifs is 1. The van der Waals surface area contributed by atoms with Crippen LogP contribution in [0.5, 0.6) is 0 Å². The number of aryl methyl sites for hydroxylation is 1. The van der Waals surface area contributed by atoms with E-state index in [0.717, 1.165) is 40.4 Å². The maximum Gasteiger partial charge on any atom is 0.266 e. The summed E-state index contributed by atoms with van der Waals surface area (Å²) in [6, 6.07) is 14.9. The minimum absolute atomic E-state index is 0.0770. The molecule has 33 heavy (non-hydrogen) atoms. The molecule has 0 aliphatic carbocycles. The van der Waals surface area contributed by atoms with Crippen LogP contribution in [-0.4, -0.2) is 21.2 Å². The molecular weight excluding hydrogens is 468 g/mol. The van der Waals surface area contributed by atoms with Crippen molar-refractivity contribution in [3.63, 3.8) is 0 Å². The van der Waals surface area contributed by atoms with E-state index in [4.69, 9.17) is 11.6 Å². The quantitative estimate of drug-likeness (QED) is 0.285. The van der Waals surface area contributed by atoms with E-state index in [1.165, 1.54) is 6.07 Å². The van der Waals surface area contributed by atoms with Crippen molar-refractivity contribution in [2.45, 2.75) is 18.5 Å². The van der Waals surface area contributed by atoms with E-state index in [1.807, 2.05) is 31.2 Å². The van der Waals surface area contributed by atoms with Crippen LogP contribution >= 0.6 is 23.4 Å². The molecule has 0 bridgehead atoms. The van der Waals surface area contributed by atoms with Crippen LogP contribution in [-0.2, 0) is 11.2 Å². The van der Waals surface area contributed by atoms with Gasteiger partial charge in [0.05, 0.1) is 22.3 Å². The normalized spacial score (nSPS) is 11.0. The predicted octanol–water partition coefficient (Wildman–Crippen LogP) is 5.61. The van der Waals surface area contributed by atoms with E-state index in [-0.39, 0.29) is 27.9 Å². The third-order valence-corrected chi connectivity index (χ3v) is 6.13. The van der Waals surface area contributed by atoms with Crippen molar-refractivity contribution >= 4 is 45.9 Å². The first-order valence-corrected chi connectivity index (χ1v) is 11.4. The summed E-state index contributed by atoms with van der Waals surface area (Å²) >= 11 is 7.00. The highest BCUT2D eigenvalue weighted by atomic mass is 35.5. The molecule has 4 aromatic rings. The number of nitrogens with zero attached hydrogens (tertiary/aromatic N) is 2. The Labute approximate surface area is 197 Å². The van der Waals surface area contributed by atoms with Gasteiger partial charge in [0, 0.05) is 16.8 Å². The van der Waals surface area contributed by atoms with Crippen LogP contribution in [0.15, 0.2) is 70.6 Å². The first-order valence-electron chi connectivity index (χ1n) is 10.1. The van der Waals surface area contributed by atoms with Crippen LogP contribution in [0.1, 0.15) is 12.5 Å². The number of hydrogen-bond donors (Lipinski definition) is 1. The number of carbonyl (C=O) groups excluding carboxylic acids is 1. The van der Waals surface area contributed by atoms with Gasteiger partial charge in [-0.25, -0.2) is 13.8 Å². The zero-order valence-corrected chi connectivity index (χ0v) is 19.0. The number of amides is 1. The lowest BCUT2D eigenvalue weighted by atomic mass is 10.1. The van der Waals surface area contributed by atoms with Crippen molar-refractivity contribution in [3.8, 4) is 5.69 Å². The van der Waals surface area contributed by atoms with Crippen molar-refractivity contribution in [2.75, 3.05) is 11.1 Å². The molecule has 0 aliphatic heterocycles. The third kappa shape index (κ3) is 4.91. The topological polar surface area (TPSA) is 64.0 Å². The Morgan fingerprint density at radius 1 is 1.12 bits per heavy atom. The van der Waals surface area contributed by atoms with Gasteiger partial charge in [0.15, 0.2) is 5.16 Å². The fourth-order valence-electron chi connectivity index (χ4n) is 3.38. The molecule has 0 aliphatic rings. The van der Waals surface area contributed by atoms with E-state index < -0.39 is 17.2 Å². The number of anilines is 1. The molecule has 9 heteroatoms. The Kier molecular flexibility index (Phi) is 6.76. The van der Waals surface area contributed by atoms with Gasteiger partial charge >= 0.3 is 0 Å². The van der Waals surface area contributed by atoms with Crippen molar-refractivity contribution in [2.24, 2.45) is 0 Å². The molecule has 5 nitrogen and oxygen atoms in total. The summed E-state index contributed by atoms with van der Waals surface area (Å²) < 4.78 is 29.1. The highest BCUT2D eigenvalue weighted by Crippen LogP contribution is 2.25. The number of para-hydroxylation sites is 1. The smallest absolute Gasteiger partial charge is 0.266 e. The summed E-state index contributed by atoms with van der Waals surface area (Å²) in [7, 11) is 0. The lowest BCUT2D eigenvalue weighted by molar-refractivity contribution is -0.113. The Balaban J connectivity index is 1.72. The summed E-state index contributed by atoms with van der Waals surface area (Å²) in [6.45, 7) is 1.99. The van der Waals surface area contributed by atoms with Crippen molar-refractivity contribution in [1.29, 1.82) is 0 Å². The molecule has 0 saturated carbocycles. The molecule has 0 unspecified atom stereocenters. The van der Waals surface area contributed by atoms with Gasteiger partial charge in [-0.1, -0.05) is 48.5 Å². The van der Waals surface area contributed by atoms with E-state index in [9.17, 15) is 18.4 Å². The lowest BCUT2D eigenvalue weighted by Crippen LogP contribution is -2.24. The monoisotopic (exact) mass is 485 g/mol. The van der Waals surface area contributed by atoms with Gasteiger partial charge in [-0.15, -0.1) is 0 Å². The van der Waals surface area contributed by atoms with Crippen LogP contribution in [0.2, 0.25) is 5.02 Å². The van der Waals surface area contributed by atoms with Crippen LogP contribution in [0.3, 0.4) is 0 Å². The average molecular weight is 486 g/mol. The largest absolute Gasteiger partial charge is 0.325 e. The van der Waals surface area contributed by atoms with E-state index >= 15 is 0 Å². The Morgan fingerprint density at radius 3 is 2.67 bits per heavy atom. The lowest BCUT2D eigenvalue weighted by Gasteiger charge is -2.14. The van der Waals surface area contributed by atoms with Crippen molar-refractivity contribution in [3.05, 3.63) is 93.2 Å². The van der Waals surface area contributed by atoms with Crippen molar-refractivity contribution < 1.29 is 13.6 Å². The second-order valence-corrected chi connectivity index (χ2v) is 8.52. The SMILES string of the molecule is CCc1ccccc1NC(=O)CSc1nc2ccc(Cl)cc2c(=O)n1-c1ccc(F)cc1F. The van der Waals surface area contributed by atoms with Crippen LogP contribution in [0.4, 0.5) is 14.5 Å². The number of nitrogens with one attached hydrogen (secondary N) is 1. The van der Waals surface area contributed by atoms with Gasteiger partial charge in [-0.05, 0) is 48.4 Å². The van der Waals surface area contributed by atoms with E-state index in [2.05, 4.69) is 10.3 Å². The maximum atomic E-state index is 14.6. The Bertz CT molecular complexity index is 1420. The number of aromatic nitrogens is 2. The van der Waals surface area contributed by atoms with Gasteiger partial charge in [-0.2, -0.15) is 0 Å². The third-order valence-electron chi connectivity index (χ3n) is 4.95. The fraction of sp³-hybridized carbons (Fsp3) is 0.125. The molecule has 0 spiro atoms. The number of carbonyl (C=O) groups is 1. The zero-order chi connectivity index (χ0) is 23.5. The minimum Gasteiger partial charge on any atom is -0.325 e. The molecule has 168 valence electrons. The summed E-state index contributed by atoms with van der Waals surface area (Å²) in [5.41, 5.74) is 1.29. The molecule has 1 heterocycles. The van der Waals surface area contributed by atoms with Gasteiger partial charge < -0.3 is 5.32 Å². The summed E-state index contributed by atoms with van der Waals surface area (Å²) in [5.74, 6) is -2.09. The number of halogens is 3. The number of benzene rings is 3. The highest BCUT2D eigenvalue weighted by molar-refractivity contribution is 7.99. The van der Waals surface area contributed by atoms with Crippen LogP contribution in [0, 0.1) is 11.6 Å². The highest BCUT2D eigenvalue weighted by Gasteiger charge is 2.18. The second-order valence-electron chi connectivity index (χ2n) is 7.14. The molecule has 1 aromatic heterocycles. The van der Waals surface area contributed by atoms with Crippen LogP contribution < -0.4 is 10.9 Å². The standard InChI is InChI=1S/C24H18ClF2N3O2S/c1-2-14-5-3-4-6-19(14)28-22(31)13-33-24-29-20-9-7-15(25)11-17(20)23(32)30(24)21-10-8-16(26)12-18(21)27/h3-12H,2,13H2,1H3,(H,28,31). The fourth-order valence-corrected chi connectivity index (χ4v) is 4.35. The molecular formula is C24H18ClF2N3O2S. The zero-order valence-electron chi connectivity index (χ0n) is 17.4. The summed E-state index contributed by atoms with van der Waals surface area (Å²) in [5, 5.41) is 3.45. The molecule has 0 radical (unpaired) electrons. The van der Waals surface area contributed by atoms with Crippen molar-refractivity contribution in [1.82, 2.24) is 9.55 Å². The summed E-state index contributed by atoms with van der Waals surface area (Å²) in [4.78, 5) is 30.3. The first kappa shape index (κ1) is 22.9. The number of thioether (sulfide) groups is 1. The number of hydrogen-bond acceptors (Lipinski definition) is 4. The van der Waals surface area contributed by atoms with Gasteiger partial charge in [0.2, 0.25) is 5.91 Å². The molecule has 0 saturated heterocycles. The average Bonchev–Trinajstić information content (AvgIpc) is 2.79. The molecule has 1 amide bonds. The Hall–Kier alpha value is -3.23. The Morgan fingerprint density at radius 2 is 1.91 bits per heavy atom.